The third kappa shape index (κ3) is 4.80. The van der Waals surface area contributed by atoms with Crippen LogP contribution in [-0.2, 0) is 16.0 Å². The molecule has 1 aliphatic carbocycles. The Hall–Kier alpha value is -1.89. The number of ether oxygens (including phenoxy) is 1. The van der Waals surface area contributed by atoms with Crippen molar-refractivity contribution in [2.75, 3.05) is 0 Å². The van der Waals surface area contributed by atoms with Crippen LogP contribution in [0.1, 0.15) is 59.6 Å². The zero-order valence-electron chi connectivity index (χ0n) is 14.3. The molecule has 2 rings (SSSR count). The molecule has 7 heteroatoms. The zero-order chi connectivity index (χ0) is 17.7. The Morgan fingerprint density at radius 1 is 1.33 bits per heavy atom. The van der Waals surface area contributed by atoms with Gasteiger partial charge in [-0.05, 0) is 44.7 Å². The van der Waals surface area contributed by atoms with Crippen LogP contribution in [0, 0.1) is 6.92 Å². The lowest BCUT2D eigenvalue weighted by molar-refractivity contribution is -0.127. The number of hydrogen-bond acceptors (Lipinski definition) is 5. The highest BCUT2D eigenvalue weighted by atomic mass is 32.1. The number of nitrogens with one attached hydrogen (secondary N) is 2. The predicted molar refractivity (Wildman–Crippen MR) is 92.2 cm³/mol. The molecule has 0 radical (unpaired) electrons. The summed E-state index contributed by atoms with van der Waals surface area (Å²) in [6.07, 6.45) is 3.87. The maximum absolute atomic E-state index is 12.1. The van der Waals surface area contributed by atoms with Crippen molar-refractivity contribution < 1.29 is 19.1 Å². The minimum atomic E-state index is -1.03. The van der Waals surface area contributed by atoms with Crippen LogP contribution in [-0.4, -0.2) is 30.1 Å². The van der Waals surface area contributed by atoms with Gasteiger partial charge in [0.2, 0.25) is 0 Å². The van der Waals surface area contributed by atoms with E-state index >= 15 is 0 Å². The summed E-state index contributed by atoms with van der Waals surface area (Å²) in [7, 11) is 0. The smallest absolute Gasteiger partial charge is 0.349 e. The van der Waals surface area contributed by atoms with Gasteiger partial charge in [-0.2, -0.15) is 0 Å². The molecule has 1 heterocycles. The van der Waals surface area contributed by atoms with E-state index in [-0.39, 0.29) is 6.04 Å². The summed E-state index contributed by atoms with van der Waals surface area (Å²) < 4.78 is 5.16. The number of carbonyl (C=O) groups is 3. The number of aryl methyl sites for hydroxylation is 2. The predicted octanol–water partition coefficient (Wildman–Crippen LogP) is 2.93. The second-order valence-electron chi connectivity index (χ2n) is 6.06. The fraction of sp³-hybridized carbons (Fsp3) is 0.588. The van der Waals surface area contributed by atoms with Crippen molar-refractivity contribution in [2.45, 2.75) is 65.0 Å². The lowest BCUT2D eigenvalue weighted by Gasteiger charge is -2.15. The second kappa shape index (κ2) is 8.28. The molecule has 24 heavy (non-hydrogen) atoms. The minimum absolute atomic E-state index is 0.122. The number of hydrogen-bond donors (Lipinski definition) is 2. The van der Waals surface area contributed by atoms with Gasteiger partial charge in [0, 0.05) is 10.9 Å². The Morgan fingerprint density at radius 2 is 2.00 bits per heavy atom. The number of rotatable bonds is 5. The van der Waals surface area contributed by atoms with E-state index in [4.69, 9.17) is 4.74 Å². The Kier molecular flexibility index (Phi) is 6.36. The van der Waals surface area contributed by atoms with E-state index < -0.39 is 24.0 Å². The first-order valence-electron chi connectivity index (χ1n) is 8.32. The Morgan fingerprint density at radius 3 is 2.58 bits per heavy atom. The van der Waals surface area contributed by atoms with Gasteiger partial charge in [-0.3, -0.25) is 10.1 Å². The summed E-state index contributed by atoms with van der Waals surface area (Å²) in [6.45, 7) is 5.42. The normalized spacial score (nSPS) is 15.8. The fourth-order valence-electron chi connectivity index (χ4n) is 2.75. The van der Waals surface area contributed by atoms with Gasteiger partial charge >= 0.3 is 12.0 Å². The summed E-state index contributed by atoms with van der Waals surface area (Å²) in [5.41, 5.74) is 1.04. The molecule has 1 atom stereocenters. The molecular weight excluding hydrogens is 328 g/mol. The monoisotopic (exact) mass is 352 g/mol. The van der Waals surface area contributed by atoms with Crippen LogP contribution in [0.25, 0.3) is 0 Å². The number of urea groups is 1. The van der Waals surface area contributed by atoms with Gasteiger partial charge < -0.3 is 10.1 Å². The zero-order valence-corrected chi connectivity index (χ0v) is 15.1. The maximum Gasteiger partial charge on any atom is 0.349 e. The van der Waals surface area contributed by atoms with E-state index in [0.717, 1.165) is 42.5 Å². The van der Waals surface area contributed by atoms with E-state index in [0.29, 0.717) is 4.88 Å². The highest BCUT2D eigenvalue weighted by Gasteiger charge is 2.24. The van der Waals surface area contributed by atoms with Crippen LogP contribution in [0.5, 0.6) is 0 Å². The fourth-order valence-corrected chi connectivity index (χ4v) is 3.75. The van der Waals surface area contributed by atoms with Crippen LogP contribution in [0.4, 0.5) is 4.79 Å². The van der Waals surface area contributed by atoms with Crippen LogP contribution in [0.2, 0.25) is 0 Å². The first kappa shape index (κ1) is 18.4. The molecule has 1 aliphatic rings. The average molecular weight is 352 g/mol. The topological polar surface area (TPSA) is 84.5 Å². The van der Waals surface area contributed by atoms with E-state index in [1.807, 2.05) is 13.8 Å². The molecule has 1 fully saturated rings. The molecule has 1 aromatic heterocycles. The SMILES string of the molecule is CCc1sc(C(=O)O[C@@H](C)C(=O)NC(=O)NC2CCCC2)cc1C. The van der Waals surface area contributed by atoms with Crippen molar-refractivity contribution in [3.8, 4) is 0 Å². The van der Waals surface area contributed by atoms with Crippen LogP contribution >= 0.6 is 11.3 Å². The lowest BCUT2D eigenvalue weighted by Crippen LogP contribution is -2.47. The summed E-state index contributed by atoms with van der Waals surface area (Å²) in [4.78, 5) is 37.5. The molecule has 1 aromatic rings. The molecule has 0 bridgehead atoms. The molecule has 132 valence electrons. The first-order valence-corrected chi connectivity index (χ1v) is 9.14. The van der Waals surface area contributed by atoms with Crippen LogP contribution in [0.3, 0.4) is 0 Å². The van der Waals surface area contributed by atoms with E-state index in [1.165, 1.54) is 18.3 Å². The molecule has 3 amide bonds. The molecular formula is C17H24N2O4S. The largest absolute Gasteiger partial charge is 0.448 e. The molecule has 0 spiro atoms. The number of amides is 3. The summed E-state index contributed by atoms with van der Waals surface area (Å²) in [6, 6.07) is 1.36. The van der Waals surface area contributed by atoms with Crippen molar-refractivity contribution >= 4 is 29.2 Å². The number of carbonyl (C=O) groups excluding carboxylic acids is 3. The van der Waals surface area contributed by atoms with Crippen molar-refractivity contribution in [1.29, 1.82) is 0 Å². The van der Waals surface area contributed by atoms with Gasteiger partial charge in [0.15, 0.2) is 6.10 Å². The summed E-state index contributed by atoms with van der Waals surface area (Å²) in [5.74, 6) is -1.16. The summed E-state index contributed by atoms with van der Waals surface area (Å²) >= 11 is 1.37. The third-order valence-corrected chi connectivity index (χ3v) is 5.48. The van der Waals surface area contributed by atoms with Crippen molar-refractivity contribution in [3.05, 3.63) is 21.4 Å². The van der Waals surface area contributed by atoms with Gasteiger partial charge in [-0.1, -0.05) is 19.8 Å². The van der Waals surface area contributed by atoms with E-state index in [9.17, 15) is 14.4 Å². The molecule has 6 nitrogen and oxygen atoms in total. The van der Waals surface area contributed by atoms with Gasteiger partial charge in [0.1, 0.15) is 4.88 Å². The molecule has 0 aromatic carbocycles. The quantitative estimate of drug-likeness (QED) is 0.798. The molecule has 2 N–H and O–H groups in total. The summed E-state index contributed by atoms with van der Waals surface area (Å²) in [5, 5.41) is 4.99. The Labute approximate surface area is 146 Å². The molecule has 1 saturated carbocycles. The van der Waals surface area contributed by atoms with Crippen molar-refractivity contribution in [2.24, 2.45) is 0 Å². The molecule has 0 saturated heterocycles. The Balaban J connectivity index is 1.83. The van der Waals surface area contributed by atoms with Gasteiger partial charge in [-0.25, -0.2) is 9.59 Å². The van der Waals surface area contributed by atoms with Crippen molar-refractivity contribution in [3.63, 3.8) is 0 Å². The van der Waals surface area contributed by atoms with Crippen molar-refractivity contribution in [1.82, 2.24) is 10.6 Å². The lowest BCUT2D eigenvalue weighted by atomic mass is 10.2. The van der Waals surface area contributed by atoms with Gasteiger partial charge in [-0.15, -0.1) is 11.3 Å². The second-order valence-corrected chi connectivity index (χ2v) is 7.20. The van der Waals surface area contributed by atoms with E-state index in [2.05, 4.69) is 10.6 Å². The van der Waals surface area contributed by atoms with Crippen LogP contribution in [0.15, 0.2) is 6.07 Å². The minimum Gasteiger partial charge on any atom is -0.448 e. The van der Waals surface area contributed by atoms with E-state index in [1.54, 1.807) is 6.07 Å². The number of imide groups is 1. The molecule has 0 aliphatic heterocycles. The number of thiophene rings is 1. The standard InChI is InChI=1S/C17H24N2O4S/c1-4-13-10(2)9-14(24-13)16(21)23-11(3)15(20)19-17(22)18-12-7-5-6-8-12/h9,11-12H,4-8H2,1-3H3,(H2,18,19,20,22)/t11-/m0/s1. The molecule has 0 unspecified atom stereocenters. The van der Waals surface area contributed by atoms with Gasteiger partial charge in [0.25, 0.3) is 5.91 Å². The number of esters is 1. The van der Waals surface area contributed by atoms with Gasteiger partial charge in [0.05, 0.1) is 0 Å². The first-order chi connectivity index (χ1) is 11.4. The van der Waals surface area contributed by atoms with Crippen LogP contribution < -0.4 is 10.6 Å². The average Bonchev–Trinajstić information content (AvgIpc) is 3.16. The highest BCUT2D eigenvalue weighted by Crippen LogP contribution is 2.23. The maximum atomic E-state index is 12.1. The Bertz CT molecular complexity index is 620. The third-order valence-electron chi connectivity index (χ3n) is 4.12. The highest BCUT2D eigenvalue weighted by molar-refractivity contribution is 7.14.